The van der Waals surface area contributed by atoms with Crippen LogP contribution in [0.3, 0.4) is 0 Å². The smallest absolute Gasteiger partial charge is 0.262 e. The highest BCUT2D eigenvalue weighted by Gasteiger charge is 2.28. The molecule has 1 aliphatic rings. The molecule has 1 amide bonds. The van der Waals surface area contributed by atoms with Gasteiger partial charge in [-0.15, -0.1) is 6.58 Å². The lowest BCUT2D eigenvalue weighted by Crippen LogP contribution is -2.36. The minimum Gasteiger partial charge on any atom is -0.352 e. The maximum absolute atomic E-state index is 12.6. The van der Waals surface area contributed by atoms with E-state index in [4.69, 9.17) is 0 Å². The van der Waals surface area contributed by atoms with Crippen LogP contribution in [0.15, 0.2) is 46.9 Å². The first kappa shape index (κ1) is 18.7. The van der Waals surface area contributed by atoms with Gasteiger partial charge in [0.25, 0.3) is 5.56 Å². The number of thioether (sulfide) groups is 1. The predicted molar refractivity (Wildman–Crippen MR) is 102 cm³/mol. The molecule has 1 aliphatic heterocycles. The highest BCUT2D eigenvalue weighted by Crippen LogP contribution is 2.18. The van der Waals surface area contributed by atoms with E-state index in [1.165, 1.54) is 4.57 Å². The Balaban J connectivity index is 1.75. The number of aromatic nitrogens is 2. The third-order valence-electron chi connectivity index (χ3n) is 4.07. The van der Waals surface area contributed by atoms with Gasteiger partial charge in [-0.05, 0) is 18.6 Å². The van der Waals surface area contributed by atoms with Gasteiger partial charge in [-0.25, -0.2) is 13.4 Å². The molecule has 7 nitrogen and oxygen atoms in total. The minimum atomic E-state index is -3.04. The molecule has 0 radical (unpaired) electrons. The number of hydrogen-bond acceptors (Lipinski definition) is 6. The van der Waals surface area contributed by atoms with Gasteiger partial charge >= 0.3 is 0 Å². The number of nitrogens with one attached hydrogen (secondary N) is 1. The second kappa shape index (κ2) is 7.63. The number of benzene rings is 1. The first-order valence-corrected chi connectivity index (χ1v) is 10.9. The van der Waals surface area contributed by atoms with Crippen LogP contribution in [-0.4, -0.2) is 47.2 Å². The average molecular weight is 393 g/mol. The summed E-state index contributed by atoms with van der Waals surface area (Å²) in [6.07, 6.45) is 2.04. The van der Waals surface area contributed by atoms with Crippen molar-refractivity contribution < 1.29 is 13.2 Å². The molecule has 1 atom stereocenters. The quantitative estimate of drug-likeness (QED) is 0.446. The fourth-order valence-electron chi connectivity index (χ4n) is 2.86. The van der Waals surface area contributed by atoms with Crippen molar-refractivity contribution in [1.82, 2.24) is 14.9 Å². The SMILES string of the molecule is C=CCn1c(SCC(=O)N[C@H]2CCS(=O)(=O)C2)nc2ccccc2c1=O. The summed E-state index contributed by atoms with van der Waals surface area (Å²) in [5.74, 6) is -0.127. The molecule has 0 bridgehead atoms. The predicted octanol–water partition coefficient (Wildman–Crippen LogP) is 0.978. The van der Waals surface area contributed by atoms with Gasteiger partial charge in [-0.1, -0.05) is 30.0 Å². The van der Waals surface area contributed by atoms with E-state index < -0.39 is 9.84 Å². The summed E-state index contributed by atoms with van der Waals surface area (Å²) >= 11 is 1.15. The first-order chi connectivity index (χ1) is 12.4. The molecule has 1 saturated heterocycles. The lowest BCUT2D eigenvalue weighted by molar-refractivity contribution is -0.119. The lowest BCUT2D eigenvalue weighted by Gasteiger charge is -2.13. The monoisotopic (exact) mass is 393 g/mol. The minimum absolute atomic E-state index is 0.0151. The molecular formula is C17H19N3O4S2. The fraction of sp³-hybridized carbons (Fsp3) is 0.353. The molecule has 1 N–H and O–H groups in total. The molecule has 26 heavy (non-hydrogen) atoms. The Hall–Kier alpha value is -2.13. The Morgan fingerprint density at radius 1 is 1.42 bits per heavy atom. The molecule has 2 aromatic rings. The number of carbonyl (C=O) groups is 1. The van der Waals surface area contributed by atoms with Crippen molar-refractivity contribution in [2.75, 3.05) is 17.3 Å². The summed E-state index contributed by atoms with van der Waals surface area (Å²) in [5, 5.41) is 3.68. The third kappa shape index (κ3) is 4.16. The number of carbonyl (C=O) groups excluding carboxylic acids is 1. The van der Waals surface area contributed by atoms with E-state index in [-0.39, 0.29) is 34.8 Å². The van der Waals surface area contributed by atoms with Gasteiger partial charge in [0.15, 0.2) is 15.0 Å². The van der Waals surface area contributed by atoms with Gasteiger partial charge < -0.3 is 5.32 Å². The topological polar surface area (TPSA) is 98.1 Å². The molecule has 138 valence electrons. The van der Waals surface area contributed by atoms with Crippen LogP contribution in [0.4, 0.5) is 0 Å². The van der Waals surface area contributed by atoms with Gasteiger partial charge in [0.05, 0.1) is 28.2 Å². The van der Waals surface area contributed by atoms with E-state index in [1.807, 2.05) is 0 Å². The van der Waals surface area contributed by atoms with Crippen molar-refractivity contribution in [1.29, 1.82) is 0 Å². The largest absolute Gasteiger partial charge is 0.352 e. The molecule has 2 heterocycles. The lowest BCUT2D eigenvalue weighted by atomic mass is 10.2. The number of rotatable bonds is 6. The summed E-state index contributed by atoms with van der Waals surface area (Å²) in [7, 11) is -3.04. The summed E-state index contributed by atoms with van der Waals surface area (Å²) in [6.45, 7) is 3.96. The second-order valence-electron chi connectivity index (χ2n) is 6.07. The van der Waals surface area contributed by atoms with Crippen LogP contribution in [0.25, 0.3) is 10.9 Å². The first-order valence-electron chi connectivity index (χ1n) is 8.12. The highest BCUT2D eigenvalue weighted by molar-refractivity contribution is 7.99. The summed E-state index contributed by atoms with van der Waals surface area (Å²) < 4.78 is 24.4. The maximum Gasteiger partial charge on any atom is 0.262 e. The van der Waals surface area contributed by atoms with Crippen LogP contribution < -0.4 is 10.9 Å². The molecule has 3 rings (SSSR count). The van der Waals surface area contributed by atoms with Crippen LogP contribution >= 0.6 is 11.8 Å². The maximum atomic E-state index is 12.6. The Morgan fingerprint density at radius 2 is 2.19 bits per heavy atom. The zero-order valence-electron chi connectivity index (χ0n) is 14.1. The normalized spacial score (nSPS) is 18.7. The Bertz CT molecular complexity index is 1010. The molecule has 1 fully saturated rings. The van der Waals surface area contributed by atoms with Gasteiger partial charge in [-0.2, -0.15) is 0 Å². The molecular weight excluding hydrogens is 374 g/mol. The fourth-order valence-corrected chi connectivity index (χ4v) is 5.35. The van der Waals surface area contributed by atoms with E-state index in [9.17, 15) is 18.0 Å². The summed E-state index contributed by atoms with van der Waals surface area (Å²) in [6, 6.07) is 6.70. The van der Waals surface area contributed by atoms with Crippen molar-refractivity contribution in [3.05, 3.63) is 47.3 Å². The number of fused-ring (bicyclic) bond motifs is 1. The number of hydrogen-bond donors (Lipinski definition) is 1. The van der Waals surface area contributed by atoms with E-state index in [2.05, 4.69) is 16.9 Å². The van der Waals surface area contributed by atoms with Crippen molar-refractivity contribution in [3.63, 3.8) is 0 Å². The molecule has 0 spiro atoms. The number of allylic oxidation sites excluding steroid dienone is 1. The highest BCUT2D eigenvalue weighted by atomic mass is 32.2. The average Bonchev–Trinajstić information content (AvgIpc) is 2.94. The van der Waals surface area contributed by atoms with Crippen LogP contribution in [0.2, 0.25) is 0 Å². The Kier molecular flexibility index (Phi) is 5.47. The molecule has 0 aliphatic carbocycles. The second-order valence-corrected chi connectivity index (χ2v) is 9.24. The zero-order chi connectivity index (χ0) is 18.7. The molecule has 0 unspecified atom stereocenters. The van der Waals surface area contributed by atoms with E-state index in [0.717, 1.165) is 11.8 Å². The van der Waals surface area contributed by atoms with Gasteiger partial charge in [0.1, 0.15) is 0 Å². The van der Waals surface area contributed by atoms with E-state index >= 15 is 0 Å². The van der Waals surface area contributed by atoms with Crippen LogP contribution in [0, 0.1) is 0 Å². The van der Waals surface area contributed by atoms with Gasteiger partial charge in [0.2, 0.25) is 5.91 Å². The Morgan fingerprint density at radius 3 is 2.88 bits per heavy atom. The van der Waals surface area contributed by atoms with Gasteiger partial charge in [-0.3, -0.25) is 14.2 Å². The molecule has 0 saturated carbocycles. The standard InChI is InChI=1S/C17H19N3O4S2/c1-2-8-20-16(22)13-5-3-4-6-14(13)19-17(20)25-10-15(21)18-12-7-9-26(23,24)11-12/h2-6,12H,1,7-11H2,(H,18,21)/t12-/m0/s1. The number of nitrogens with zero attached hydrogens (tertiary/aromatic N) is 2. The van der Waals surface area contributed by atoms with Crippen LogP contribution in [-0.2, 0) is 21.2 Å². The van der Waals surface area contributed by atoms with Crippen LogP contribution in [0.5, 0.6) is 0 Å². The summed E-state index contributed by atoms with van der Waals surface area (Å²) in [5.41, 5.74) is 0.392. The molecule has 1 aromatic carbocycles. The Labute approximate surface area is 155 Å². The summed E-state index contributed by atoms with van der Waals surface area (Å²) in [4.78, 5) is 29.3. The van der Waals surface area contributed by atoms with Gasteiger partial charge in [0, 0.05) is 12.6 Å². The number of sulfone groups is 1. The van der Waals surface area contributed by atoms with E-state index in [0.29, 0.717) is 29.0 Å². The zero-order valence-corrected chi connectivity index (χ0v) is 15.7. The van der Waals surface area contributed by atoms with E-state index in [1.54, 1.807) is 30.3 Å². The van der Waals surface area contributed by atoms with Crippen molar-refractivity contribution >= 4 is 38.4 Å². The number of amides is 1. The van der Waals surface area contributed by atoms with Crippen molar-refractivity contribution in [2.45, 2.75) is 24.2 Å². The molecule has 1 aromatic heterocycles. The van der Waals surface area contributed by atoms with Crippen molar-refractivity contribution in [3.8, 4) is 0 Å². The van der Waals surface area contributed by atoms with Crippen molar-refractivity contribution in [2.24, 2.45) is 0 Å². The molecule has 9 heteroatoms. The van der Waals surface area contributed by atoms with Crippen LogP contribution in [0.1, 0.15) is 6.42 Å². The third-order valence-corrected chi connectivity index (χ3v) is 6.81. The number of para-hydroxylation sites is 1.